The number of ether oxygens (including phenoxy) is 6. The minimum Gasteiger partial charge on any atom is -0.462 e. The molecule has 15 nitrogen and oxygen atoms in total. The van der Waals surface area contributed by atoms with Crippen molar-refractivity contribution in [1.82, 2.24) is 0 Å². The molecule has 0 aromatic heterocycles. The fraction of sp³-hybridized carbons (Fsp3) is 0.745. The molecule has 4 unspecified atom stereocenters. The Morgan fingerprint density at radius 2 is 0.914 bits per heavy atom. The Balaban J connectivity index is 1.82. The van der Waals surface area contributed by atoms with E-state index in [1.54, 1.807) is 0 Å². The smallest absolute Gasteiger partial charge is 0.306 e. The molecule has 402 valence electrons. The quantitative estimate of drug-likeness (QED) is 0.0176. The summed E-state index contributed by atoms with van der Waals surface area (Å²) in [4.78, 5) is 25.8. The van der Waals surface area contributed by atoms with Gasteiger partial charge in [0.25, 0.3) is 0 Å². The van der Waals surface area contributed by atoms with Gasteiger partial charge in [-0.3, -0.25) is 9.59 Å². The van der Waals surface area contributed by atoms with Gasteiger partial charge in [-0.1, -0.05) is 151 Å². The highest BCUT2D eigenvalue weighted by Gasteiger charge is 2.47. The van der Waals surface area contributed by atoms with E-state index < -0.39 is 99.3 Å². The molecule has 15 heteroatoms. The third-order valence-corrected chi connectivity index (χ3v) is 12.2. The monoisotopic (exact) mass is 993 g/mol. The molecule has 0 spiro atoms. The number of esters is 2. The first-order valence-corrected chi connectivity index (χ1v) is 26.5. The zero-order valence-corrected chi connectivity index (χ0v) is 42.5. The molecule has 70 heavy (non-hydrogen) atoms. The van der Waals surface area contributed by atoms with E-state index in [0.717, 1.165) is 64.2 Å². The number of allylic oxidation sites excluding steroid dienone is 12. The van der Waals surface area contributed by atoms with Crippen LogP contribution in [-0.4, -0.2) is 142 Å². The molecule has 2 fully saturated rings. The summed E-state index contributed by atoms with van der Waals surface area (Å²) in [6.07, 6.45) is 32.2. The number of aliphatic hydroxyl groups is 7. The number of carbonyl (C=O) groups excluding carboxylic acids is 2. The molecule has 11 atom stereocenters. The van der Waals surface area contributed by atoms with E-state index in [0.29, 0.717) is 19.3 Å². The maximum Gasteiger partial charge on any atom is 0.306 e. The predicted molar refractivity (Wildman–Crippen MR) is 270 cm³/mol. The van der Waals surface area contributed by atoms with Crippen molar-refractivity contribution in [2.45, 2.75) is 235 Å². The summed E-state index contributed by atoms with van der Waals surface area (Å²) >= 11 is 0. The molecule has 0 radical (unpaired) electrons. The highest BCUT2D eigenvalue weighted by atomic mass is 16.7. The lowest BCUT2D eigenvalue weighted by Gasteiger charge is -2.42. The van der Waals surface area contributed by atoms with Crippen LogP contribution in [0.25, 0.3) is 0 Å². The summed E-state index contributed by atoms with van der Waals surface area (Å²) in [5.74, 6) is -0.999. The van der Waals surface area contributed by atoms with Crippen molar-refractivity contribution in [3.63, 3.8) is 0 Å². The van der Waals surface area contributed by atoms with Gasteiger partial charge in [0.15, 0.2) is 18.7 Å². The zero-order valence-electron chi connectivity index (χ0n) is 42.5. The normalized spacial score (nSPS) is 26.0. The highest BCUT2D eigenvalue weighted by Crippen LogP contribution is 2.26. The van der Waals surface area contributed by atoms with Crippen LogP contribution >= 0.6 is 0 Å². The van der Waals surface area contributed by atoms with Gasteiger partial charge >= 0.3 is 11.9 Å². The van der Waals surface area contributed by atoms with E-state index in [2.05, 4.69) is 74.6 Å². The fourth-order valence-corrected chi connectivity index (χ4v) is 7.83. The van der Waals surface area contributed by atoms with Crippen molar-refractivity contribution in [2.75, 3.05) is 26.4 Å². The van der Waals surface area contributed by atoms with Crippen LogP contribution in [0.15, 0.2) is 72.9 Å². The molecule has 0 bridgehead atoms. The fourth-order valence-electron chi connectivity index (χ4n) is 7.83. The number of carbonyl (C=O) groups is 2. The number of unbranched alkanes of at least 4 members (excludes halogenated alkanes) is 14. The minimum absolute atomic E-state index is 0.136. The second kappa shape index (κ2) is 41.4. The van der Waals surface area contributed by atoms with Crippen LogP contribution < -0.4 is 0 Å². The van der Waals surface area contributed by atoms with E-state index in [1.165, 1.54) is 57.8 Å². The molecule has 0 aromatic rings. The Labute approximate surface area is 419 Å². The van der Waals surface area contributed by atoms with Gasteiger partial charge in [-0.05, 0) is 77.0 Å². The summed E-state index contributed by atoms with van der Waals surface area (Å²) in [5, 5.41) is 72.1. The van der Waals surface area contributed by atoms with E-state index in [9.17, 15) is 45.3 Å². The summed E-state index contributed by atoms with van der Waals surface area (Å²) < 4.78 is 33.5. The van der Waals surface area contributed by atoms with Crippen LogP contribution in [0.3, 0.4) is 0 Å². The Kier molecular flexibility index (Phi) is 37.3. The number of hydrogen-bond acceptors (Lipinski definition) is 15. The molecule has 0 amide bonds. The molecular formula is C55H92O15. The van der Waals surface area contributed by atoms with E-state index in [-0.39, 0.29) is 19.4 Å². The molecule has 2 heterocycles. The van der Waals surface area contributed by atoms with Gasteiger partial charge in [0, 0.05) is 12.8 Å². The number of rotatable bonds is 40. The third kappa shape index (κ3) is 28.8. The average molecular weight is 993 g/mol. The van der Waals surface area contributed by atoms with Gasteiger partial charge in [-0.2, -0.15) is 0 Å². The van der Waals surface area contributed by atoms with E-state index >= 15 is 0 Å². The van der Waals surface area contributed by atoms with Gasteiger partial charge in [-0.25, -0.2) is 0 Å². The largest absolute Gasteiger partial charge is 0.462 e. The number of hydrogen-bond donors (Lipinski definition) is 7. The Hall–Kier alpha value is -3.06. The van der Waals surface area contributed by atoms with Crippen molar-refractivity contribution in [3.8, 4) is 0 Å². The SMILES string of the molecule is CC/C=C/C/C=C/C/C=C/C/C=C/C/C=C/CCCC(=O)OC[C@@H](CO[C@@H]1O[C@H](CO[C@@H]2O[C@H](CO)[C@H](O)C(O)C2O)[C@H](O)C(O)C1O)OC(=O)CCCCCCCCCCC/C=C/CCCCCC. The van der Waals surface area contributed by atoms with Crippen LogP contribution in [0, 0.1) is 0 Å². The maximum atomic E-state index is 13.0. The molecule has 2 aliphatic rings. The van der Waals surface area contributed by atoms with Crippen molar-refractivity contribution >= 4 is 11.9 Å². The summed E-state index contributed by atoms with van der Waals surface area (Å²) in [5.41, 5.74) is 0. The van der Waals surface area contributed by atoms with Crippen LogP contribution in [0.2, 0.25) is 0 Å². The summed E-state index contributed by atoms with van der Waals surface area (Å²) in [6.45, 7) is 2.40. The molecule has 2 aliphatic heterocycles. The molecule has 2 rings (SSSR count). The summed E-state index contributed by atoms with van der Waals surface area (Å²) in [6, 6.07) is 0. The van der Waals surface area contributed by atoms with Gasteiger partial charge in [-0.15, -0.1) is 0 Å². The third-order valence-electron chi connectivity index (χ3n) is 12.2. The van der Waals surface area contributed by atoms with Gasteiger partial charge in [0.2, 0.25) is 0 Å². The summed E-state index contributed by atoms with van der Waals surface area (Å²) in [7, 11) is 0. The molecule has 0 aliphatic carbocycles. The molecular weight excluding hydrogens is 901 g/mol. The van der Waals surface area contributed by atoms with Crippen molar-refractivity contribution < 1.29 is 73.8 Å². The lowest BCUT2D eigenvalue weighted by Crippen LogP contribution is -2.61. The van der Waals surface area contributed by atoms with Crippen LogP contribution in [0.5, 0.6) is 0 Å². The molecule has 0 aromatic carbocycles. The van der Waals surface area contributed by atoms with Crippen LogP contribution in [-0.2, 0) is 38.0 Å². The molecule has 0 saturated carbocycles. The highest BCUT2D eigenvalue weighted by molar-refractivity contribution is 5.70. The first kappa shape index (κ1) is 63.1. The van der Waals surface area contributed by atoms with Crippen LogP contribution in [0.1, 0.15) is 168 Å². The lowest BCUT2D eigenvalue weighted by molar-refractivity contribution is -0.332. The standard InChI is InChI=1S/C55H92O15/c1-3-5-7-9-11-13-15-17-19-21-23-25-27-29-31-33-35-37-46(57)65-40-43(68-47(58)38-36-34-32-30-28-26-24-22-20-18-16-14-12-10-8-6-4-2)41-66-54-53(64)51(62)49(60)45(70-54)42-67-55-52(63)50(61)48(59)44(39-56)69-55/h5,7,11,13-14,16-17,19,23,25,29,31,43-45,48-56,59-64H,3-4,6,8-10,12,15,18,20-22,24,26-28,30,32-42H2,1-2H3/b7-5+,13-11+,16-14+,19-17+,25-23+,31-29+/t43-,44+,45+,48-,49-,50?,51?,52?,53?,54+,55+/m0/s1. The predicted octanol–water partition coefficient (Wildman–Crippen LogP) is 7.82. The van der Waals surface area contributed by atoms with Gasteiger partial charge in [0.05, 0.1) is 19.8 Å². The van der Waals surface area contributed by atoms with E-state index in [1.807, 2.05) is 12.2 Å². The lowest BCUT2D eigenvalue weighted by atomic mass is 9.98. The first-order valence-electron chi connectivity index (χ1n) is 26.5. The van der Waals surface area contributed by atoms with Gasteiger partial charge in [0.1, 0.15) is 55.4 Å². The second-order valence-corrected chi connectivity index (χ2v) is 18.3. The number of aliphatic hydroxyl groups excluding tert-OH is 7. The maximum absolute atomic E-state index is 13.0. The first-order chi connectivity index (χ1) is 34.0. The Bertz CT molecular complexity index is 1490. The second-order valence-electron chi connectivity index (χ2n) is 18.3. The molecule has 2 saturated heterocycles. The van der Waals surface area contributed by atoms with Crippen molar-refractivity contribution in [3.05, 3.63) is 72.9 Å². The topological polar surface area (TPSA) is 231 Å². The van der Waals surface area contributed by atoms with Crippen molar-refractivity contribution in [2.24, 2.45) is 0 Å². The Morgan fingerprint density at radius 3 is 1.47 bits per heavy atom. The molecule has 7 N–H and O–H groups in total. The van der Waals surface area contributed by atoms with Crippen LogP contribution in [0.4, 0.5) is 0 Å². The Morgan fingerprint density at radius 1 is 0.471 bits per heavy atom. The minimum atomic E-state index is -1.78. The van der Waals surface area contributed by atoms with Crippen molar-refractivity contribution in [1.29, 1.82) is 0 Å². The average Bonchev–Trinajstić information content (AvgIpc) is 3.35. The van der Waals surface area contributed by atoms with Gasteiger partial charge < -0.3 is 64.2 Å². The zero-order chi connectivity index (χ0) is 51.0. The van der Waals surface area contributed by atoms with E-state index in [4.69, 9.17) is 28.4 Å².